The zero-order valence-electron chi connectivity index (χ0n) is 17.8. The molecule has 0 aliphatic rings. The summed E-state index contributed by atoms with van der Waals surface area (Å²) in [5, 5.41) is 2.73. The van der Waals surface area contributed by atoms with E-state index in [-0.39, 0.29) is 28.2 Å². The number of para-hydroxylation sites is 1. The topological polar surface area (TPSA) is 98.8 Å². The van der Waals surface area contributed by atoms with E-state index in [1.807, 2.05) is 20.8 Å². The Morgan fingerprint density at radius 3 is 2.37 bits per heavy atom. The SMILES string of the molecule is Cc1ccc(C)c(S(=O)(=O)Oc2ccccc2C(=O)OCC(=O)N[C@@H](C)C(C)C)c1. The Hall–Kier alpha value is -2.87. The minimum Gasteiger partial charge on any atom is -0.452 e. The Labute approximate surface area is 177 Å². The highest BCUT2D eigenvalue weighted by Gasteiger charge is 2.24. The van der Waals surface area contributed by atoms with Crippen LogP contribution >= 0.6 is 0 Å². The summed E-state index contributed by atoms with van der Waals surface area (Å²) in [7, 11) is -4.17. The van der Waals surface area contributed by atoms with Crippen LogP contribution in [-0.2, 0) is 19.6 Å². The van der Waals surface area contributed by atoms with Crippen molar-refractivity contribution in [2.24, 2.45) is 5.92 Å². The molecule has 0 radical (unpaired) electrons. The zero-order valence-corrected chi connectivity index (χ0v) is 18.6. The molecular formula is C22H27NO6S. The third-order valence-electron chi connectivity index (χ3n) is 4.64. The van der Waals surface area contributed by atoms with Crippen LogP contribution in [-0.4, -0.2) is 32.9 Å². The Bertz CT molecular complexity index is 1030. The fraction of sp³-hybridized carbons (Fsp3) is 0.364. The summed E-state index contributed by atoms with van der Waals surface area (Å²) in [5.74, 6) is -1.23. The molecule has 162 valence electrons. The number of hydrogen-bond donors (Lipinski definition) is 1. The van der Waals surface area contributed by atoms with Crippen molar-refractivity contribution >= 4 is 22.0 Å². The molecule has 2 aromatic carbocycles. The molecule has 0 aromatic heterocycles. The van der Waals surface area contributed by atoms with Gasteiger partial charge in [0.2, 0.25) is 0 Å². The molecule has 0 heterocycles. The molecule has 1 N–H and O–H groups in total. The predicted octanol–water partition coefficient (Wildman–Crippen LogP) is 3.39. The quantitative estimate of drug-likeness (QED) is 0.506. The van der Waals surface area contributed by atoms with Gasteiger partial charge in [-0.2, -0.15) is 8.42 Å². The van der Waals surface area contributed by atoms with E-state index in [9.17, 15) is 18.0 Å². The molecule has 7 nitrogen and oxygen atoms in total. The molecule has 0 fully saturated rings. The number of amides is 1. The van der Waals surface area contributed by atoms with Crippen LogP contribution < -0.4 is 9.50 Å². The molecule has 0 saturated carbocycles. The van der Waals surface area contributed by atoms with Gasteiger partial charge in [-0.15, -0.1) is 0 Å². The lowest BCUT2D eigenvalue weighted by Crippen LogP contribution is -2.38. The number of rotatable bonds is 8. The van der Waals surface area contributed by atoms with Gasteiger partial charge in [0, 0.05) is 6.04 Å². The number of hydrogen-bond acceptors (Lipinski definition) is 6. The highest BCUT2D eigenvalue weighted by atomic mass is 32.2. The molecule has 0 saturated heterocycles. The van der Waals surface area contributed by atoms with E-state index in [0.717, 1.165) is 5.56 Å². The molecule has 2 rings (SSSR count). The van der Waals surface area contributed by atoms with Crippen LogP contribution in [0.1, 0.15) is 42.3 Å². The van der Waals surface area contributed by atoms with E-state index in [0.29, 0.717) is 5.56 Å². The molecule has 1 amide bonds. The van der Waals surface area contributed by atoms with E-state index in [4.69, 9.17) is 8.92 Å². The van der Waals surface area contributed by atoms with Crippen LogP contribution in [0.3, 0.4) is 0 Å². The molecule has 0 aliphatic carbocycles. The van der Waals surface area contributed by atoms with Crippen molar-refractivity contribution in [1.29, 1.82) is 0 Å². The number of ether oxygens (including phenoxy) is 1. The van der Waals surface area contributed by atoms with Crippen molar-refractivity contribution in [3.8, 4) is 5.75 Å². The van der Waals surface area contributed by atoms with Crippen molar-refractivity contribution in [1.82, 2.24) is 5.32 Å². The minimum absolute atomic E-state index is 0.0210. The smallest absolute Gasteiger partial charge is 0.342 e. The largest absolute Gasteiger partial charge is 0.452 e. The molecule has 0 bridgehead atoms. The van der Waals surface area contributed by atoms with E-state index in [1.54, 1.807) is 38.1 Å². The van der Waals surface area contributed by atoms with Crippen LogP contribution in [0, 0.1) is 19.8 Å². The first-order valence-corrected chi connectivity index (χ1v) is 11.0. The van der Waals surface area contributed by atoms with Crippen LogP contribution in [0.5, 0.6) is 5.75 Å². The van der Waals surface area contributed by atoms with Gasteiger partial charge in [-0.3, -0.25) is 4.79 Å². The van der Waals surface area contributed by atoms with Crippen LogP contribution in [0.25, 0.3) is 0 Å². The molecule has 30 heavy (non-hydrogen) atoms. The van der Waals surface area contributed by atoms with Crippen molar-refractivity contribution in [3.63, 3.8) is 0 Å². The number of benzene rings is 2. The zero-order chi connectivity index (χ0) is 22.5. The first kappa shape index (κ1) is 23.4. The Morgan fingerprint density at radius 2 is 1.70 bits per heavy atom. The van der Waals surface area contributed by atoms with Crippen LogP contribution in [0.2, 0.25) is 0 Å². The van der Waals surface area contributed by atoms with Crippen LogP contribution in [0.15, 0.2) is 47.4 Å². The second-order valence-corrected chi connectivity index (χ2v) is 8.99. The van der Waals surface area contributed by atoms with Crippen molar-refractivity contribution < 1.29 is 26.9 Å². The number of nitrogens with one attached hydrogen (secondary N) is 1. The Kier molecular flexibility index (Phi) is 7.61. The number of carbonyl (C=O) groups excluding carboxylic acids is 2. The van der Waals surface area contributed by atoms with Gasteiger partial charge in [0.1, 0.15) is 10.5 Å². The third-order valence-corrected chi connectivity index (χ3v) is 6.02. The highest BCUT2D eigenvalue weighted by molar-refractivity contribution is 7.87. The van der Waals surface area contributed by atoms with E-state index in [2.05, 4.69) is 5.32 Å². The summed E-state index contributed by atoms with van der Waals surface area (Å²) >= 11 is 0. The average molecular weight is 434 g/mol. The summed E-state index contributed by atoms with van der Waals surface area (Å²) < 4.78 is 35.8. The van der Waals surface area contributed by atoms with Crippen LogP contribution in [0.4, 0.5) is 0 Å². The molecule has 0 spiro atoms. The first-order valence-electron chi connectivity index (χ1n) is 9.58. The fourth-order valence-electron chi connectivity index (χ4n) is 2.52. The van der Waals surface area contributed by atoms with Gasteiger partial charge in [-0.05, 0) is 56.0 Å². The third kappa shape index (κ3) is 6.06. The van der Waals surface area contributed by atoms with Gasteiger partial charge in [0.25, 0.3) is 5.91 Å². The second-order valence-electron chi connectivity index (χ2n) is 7.48. The Morgan fingerprint density at radius 1 is 1.03 bits per heavy atom. The van der Waals surface area contributed by atoms with E-state index in [1.165, 1.54) is 18.2 Å². The van der Waals surface area contributed by atoms with Crippen molar-refractivity contribution in [2.45, 2.75) is 45.6 Å². The molecule has 1 atom stereocenters. The van der Waals surface area contributed by atoms with Gasteiger partial charge >= 0.3 is 16.1 Å². The summed E-state index contributed by atoms with van der Waals surface area (Å²) in [6, 6.07) is 10.7. The van der Waals surface area contributed by atoms with Crippen molar-refractivity contribution in [3.05, 3.63) is 59.2 Å². The number of carbonyl (C=O) groups is 2. The minimum atomic E-state index is -4.17. The maximum atomic E-state index is 12.8. The highest BCUT2D eigenvalue weighted by Crippen LogP contribution is 2.26. The molecule has 2 aromatic rings. The summed E-state index contributed by atoms with van der Waals surface area (Å²) in [6.45, 7) is 8.73. The molecule has 8 heteroatoms. The number of aryl methyl sites for hydroxylation is 2. The lowest BCUT2D eigenvalue weighted by molar-refractivity contribution is -0.125. The summed E-state index contributed by atoms with van der Waals surface area (Å²) in [4.78, 5) is 24.4. The van der Waals surface area contributed by atoms with Gasteiger partial charge < -0.3 is 14.2 Å². The normalized spacial score (nSPS) is 12.3. The summed E-state index contributed by atoms with van der Waals surface area (Å²) in [5.41, 5.74) is 1.20. The van der Waals surface area contributed by atoms with Gasteiger partial charge in [0.05, 0.1) is 0 Å². The van der Waals surface area contributed by atoms with Gasteiger partial charge in [0.15, 0.2) is 12.4 Å². The molecule has 0 unspecified atom stereocenters. The van der Waals surface area contributed by atoms with Crippen molar-refractivity contribution in [2.75, 3.05) is 6.61 Å². The maximum Gasteiger partial charge on any atom is 0.342 e. The molecule has 0 aliphatic heterocycles. The fourth-order valence-corrected chi connectivity index (χ4v) is 3.78. The second kappa shape index (κ2) is 9.75. The standard InChI is InChI=1S/C22H27NO6S/c1-14(2)17(5)23-21(24)13-28-22(25)18-8-6-7-9-19(18)29-30(26,27)20-12-15(3)10-11-16(20)4/h6-12,14,17H,13H2,1-5H3,(H,23,24)/t17-/m0/s1. The Balaban J connectivity index is 2.16. The van der Waals surface area contributed by atoms with E-state index >= 15 is 0 Å². The first-order chi connectivity index (χ1) is 14.0. The lowest BCUT2D eigenvalue weighted by atomic mass is 10.1. The number of esters is 1. The molecular weight excluding hydrogens is 406 g/mol. The predicted molar refractivity (Wildman–Crippen MR) is 113 cm³/mol. The maximum absolute atomic E-state index is 12.8. The van der Waals surface area contributed by atoms with Gasteiger partial charge in [-0.25, -0.2) is 4.79 Å². The lowest BCUT2D eigenvalue weighted by Gasteiger charge is -2.17. The average Bonchev–Trinajstić information content (AvgIpc) is 2.67. The van der Waals surface area contributed by atoms with E-state index < -0.39 is 28.6 Å². The summed E-state index contributed by atoms with van der Waals surface area (Å²) in [6.07, 6.45) is 0. The monoisotopic (exact) mass is 433 g/mol. The van der Waals surface area contributed by atoms with Gasteiger partial charge in [-0.1, -0.05) is 38.1 Å².